The molecule has 2 aromatic rings. The second kappa shape index (κ2) is 7.85. The fraction of sp³-hybridized carbons (Fsp3) is 0.318. The van der Waals surface area contributed by atoms with Crippen LogP contribution in [0.4, 0.5) is 14.6 Å². The molecule has 0 saturated heterocycles. The minimum atomic E-state index is -0.670. The van der Waals surface area contributed by atoms with E-state index in [1.54, 1.807) is 18.3 Å². The smallest absolute Gasteiger partial charge is 0.229 e. The fourth-order valence-electron chi connectivity index (χ4n) is 3.72. The lowest BCUT2D eigenvalue weighted by molar-refractivity contribution is -0.118. The van der Waals surface area contributed by atoms with E-state index >= 15 is 0 Å². The number of hydrogen-bond acceptors (Lipinski definition) is 5. The van der Waals surface area contributed by atoms with Crippen LogP contribution in [0.1, 0.15) is 25.8 Å². The van der Waals surface area contributed by atoms with E-state index in [0.717, 1.165) is 11.9 Å². The molecule has 1 unspecified atom stereocenters. The molecule has 0 bridgehead atoms. The van der Waals surface area contributed by atoms with Crippen molar-refractivity contribution in [3.05, 3.63) is 71.2 Å². The summed E-state index contributed by atoms with van der Waals surface area (Å²) in [5.41, 5.74) is 0.877. The zero-order valence-electron chi connectivity index (χ0n) is 16.7. The molecule has 2 aliphatic rings. The van der Waals surface area contributed by atoms with Gasteiger partial charge in [-0.25, -0.2) is 13.8 Å². The number of hydrogen-bond donors (Lipinski definition) is 2. The van der Waals surface area contributed by atoms with Gasteiger partial charge >= 0.3 is 0 Å². The quantitative estimate of drug-likeness (QED) is 0.761. The molecule has 1 aromatic carbocycles. The highest BCUT2D eigenvalue weighted by Crippen LogP contribution is 2.55. The average Bonchev–Trinajstić information content (AvgIpc) is 3.45. The molecule has 1 aromatic heterocycles. The normalized spacial score (nSPS) is 24.9. The Morgan fingerprint density at radius 3 is 2.83 bits per heavy atom. The number of anilines is 1. The van der Waals surface area contributed by atoms with Crippen molar-refractivity contribution >= 4 is 17.9 Å². The van der Waals surface area contributed by atoms with Crippen LogP contribution in [0.15, 0.2) is 59.0 Å². The Hall–Kier alpha value is -3.29. The molecule has 6 nitrogen and oxygen atoms in total. The Bertz CT molecular complexity index is 1020. The highest BCUT2D eigenvalue weighted by molar-refractivity contribution is 5.95. The molecule has 0 radical (unpaired) electrons. The summed E-state index contributed by atoms with van der Waals surface area (Å²) in [6.45, 7) is 4.01. The van der Waals surface area contributed by atoms with Crippen LogP contribution < -0.4 is 10.6 Å². The van der Waals surface area contributed by atoms with Crippen molar-refractivity contribution in [2.75, 3.05) is 11.9 Å². The third-order valence-electron chi connectivity index (χ3n) is 5.47. The molecule has 30 heavy (non-hydrogen) atoms. The number of aromatic nitrogens is 1. The van der Waals surface area contributed by atoms with Crippen molar-refractivity contribution in [2.45, 2.75) is 31.8 Å². The zero-order chi connectivity index (χ0) is 21.3. The van der Waals surface area contributed by atoms with Crippen LogP contribution in [0.3, 0.4) is 0 Å². The van der Waals surface area contributed by atoms with E-state index in [0.29, 0.717) is 17.7 Å². The van der Waals surface area contributed by atoms with Crippen molar-refractivity contribution in [1.29, 1.82) is 0 Å². The molecule has 1 fully saturated rings. The molecule has 2 heterocycles. The first-order valence-electron chi connectivity index (χ1n) is 9.69. The Morgan fingerprint density at radius 1 is 1.30 bits per heavy atom. The van der Waals surface area contributed by atoms with Crippen LogP contribution in [0.2, 0.25) is 0 Å². The van der Waals surface area contributed by atoms with Crippen LogP contribution in [0, 0.1) is 17.6 Å². The summed E-state index contributed by atoms with van der Waals surface area (Å²) < 4.78 is 33.0. The van der Waals surface area contributed by atoms with E-state index in [1.165, 1.54) is 24.3 Å². The largest absolute Gasteiger partial charge is 0.489 e. The molecular formula is C22H22F2N4O2. The van der Waals surface area contributed by atoms with E-state index in [-0.39, 0.29) is 30.3 Å². The van der Waals surface area contributed by atoms with Crippen LogP contribution >= 0.6 is 0 Å². The molecular weight excluding hydrogens is 390 g/mol. The third kappa shape index (κ3) is 4.03. The first-order valence-corrected chi connectivity index (χ1v) is 9.69. The summed E-state index contributed by atoms with van der Waals surface area (Å²) >= 11 is 0. The van der Waals surface area contributed by atoms with Crippen molar-refractivity contribution < 1.29 is 18.3 Å². The fourth-order valence-corrected chi connectivity index (χ4v) is 3.72. The van der Waals surface area contributed by atoms with Gasteiger partial charge in [-0.15, -0.1) is 0 Å². The summed E-state index contributed by atoms with van der Waals surface area (Å²) in [6.07, 6.45) is 3.17. The number of aliphatic imine (C=N–C) groups is 1. The van der Waals surface area contributed by atoms with Gasteiger partial charge in [-0.3, -0.25) is 9.79 Å². The van der Waals surface area contributed by atoms with Crippen LogP contribution in [0.5, 0.6) is 0 Å². The third-order valence-corrected chi connectivity index (χ3v) is 5.47. The molecule has 1 aliphatic carbocycles. The van der Waals surface area contributed by atoms with Gasteiger partial charge in [0.2, 0.25) is 5.91 Å². The maximum Gasteiger partial charge on any atom is 0.229 e. The Kier molecular flexibility index (Phi) is 5.24. The lowest BCUT2D eigenvalue weighted by Gasteiger charge is -2.23. The molecule has 1 saturated carbocycles. The molecule has 1 amide bonds. The lowest BCUT2D eigenvalue weighted by atomic mass is 9.93. The minimum absolute atomic E-state index is 0.0304. The number of carbonyl (C=O) groups excluding carboxylic acids is 1. The van der Waals surface area contributed by atoms with E-state index in [4.69, 9.17) is 4.74 Å². The van der Waals surface area contributed by atoms with Crippen molar-refractivity contribution in [3.63, 3.8) is 0 Å². The molecule has 0 spiro atoms. The number of nitrogens with one attached hydrogen (secondary N) is 2. The number of ether oxygens (including phenoxy) is 1. The van der Waals surface area contributed by atoms with Crippen LogP contribution in [-0.2, 0) is 14.9 Å². The maximum absolute atomic E-state index is 13.9. The van der Waals surface area contributed by atoms with Gasteiger partial charge in [0.25, 0.3) is 0 Å². The van der Waals surface area contributed by atoms with Gasteiger partial charge in [0.05, 0.1) is 30.6 Å². The molecule has 3 atom stereocenters. The second-order valence-electron chi connectivity index (χ2n) is 7.65. The molecule has 156 valence electrons. The van der Waals surface area contributed by atoms with E-state index in [1.807, 2.05) is 13.8 Å². The number of pyridine rings is 1. The predicted octanol–water partition coefficient (Wildman–Crippen LogP) is 3.52. The summed E-state index contributed by atoms with van der Waals surface area (Å²) in [5, 5.41) is 5.89. The lowest BCUT2D eigenvalue weighted by Crippen LogP contribution is -2.30. The molecule has 1 aliphatic heterocycles. The van der Waals surface area contributed by atoms with E-state index < -0.39 is 17.2 Å². The Labute approximate surface area is 173 Å². The number of halogens is 2. The first-order chi connectivity index (χ1) is 14.4. The van der Waals surface area contributed by atoms with Crippen LogP contribution in [-0.4, -0.2) is 29.9 Å². The summed E-state index contributed by atoms with van der Waals surface area (Å²) in [4.78, 5) is 21.0. The van der Waals surface area contributed by atoms with Crippen molar-refractivity contribution in [3.8, 4) is 0 Å². The van der Waals surface area contributed by atoms with Gasteiger partial charge in [-0.05, 0) is 50.1 Å². The summed E-state index contributed by atoms with van der Waals surface area (Å²) in [5.74, 6) is -0.698. The van der Waals surface area contributed by atoms with Gasteiger partial charge in [0, 0.05) is 5.41 Å². The number of amides is 1. The predicted molar refractivity (Wildman–Crippen MR) is 109 cm³/mol. The highest BCUT2D eigenvalue weighted by Gasteiger charge is 2.60. The summed E-state index contributed by atoms with van der Waals surface area (Å²) in [6, 6.07) is 8.84. The average molecular weight is 412 g/mol. The molecule has 8 heteroatoms. The molecule has 2 N–H and O–H groups in total. The van der Waals surface area contributed by atoms with Crippen molar-refractivity contribution in [1.82, 2.24) is 10.3 Å². The van der Waals surface area contributed by atoms with Gasteiger partial charge in [-0.2, -0.15) is 0 Å². The van der Waals surface area contributed by atoms with Gasteiger partial charge in [0.1, 0.15) is 23.6 Å². The van der Waals surface area contributed by atoms with Gasteiger partial charge in [-0.1, -0.05) is 12.1 Å². The van der Waals surface area contributed by atoms with Gasteiger partial charge < -0.3 is 15.4 Å². The second-order valence-corrected chi connectivity index (χ2v) is 7.65. The topological polar surface area (TPSA) is 75.6 Å². The van der Waals surface area contributed by atoms with E-state index in [9.17, 15) is 13.6 Å². The number of rotatable bonds is 6. The summed E-state index contributed by atoms with van der Waals surface area (Å²) in [7, 11) is 0. The van der Waals surface area contributed by atoms with E-state index in [2.05, 4.69) is 20.6 Å². The SMILES string of the molecule is CC1=C(OC[C@@]2(c3cccc(F)c3)C[C@H]2C(=O)Nc2ccc(F)cn2)C=NC(C)N1. The number of benzene rings is 1. The van der Waals surface area contributed by atoms with Crippen molar-refractivity contribution in [2.24, 2.45) is 10.9 Å². The monoisotopic (exact) mass is 412 g/mol. The minimum Gasteiger partial charge on any atom is -0.489 e. The maximum atomic E-state index is 13.9. The Balaban J connectivity index is 1.54. The number of nitrogens with zero attached hydrogens (tertiary/aromatic N) is 2. The van der Waals surface area contributed by atoms with Crippen LogP contribution in [0.25, 0.3) is 0 Å². The number of carbonyl (C=O) groups is 1. The highest BCUT2D eigenvalue weighted by atomic mass is 19.1. The standard InChI is InChI=1S/C22H22F2N4O2/c1-13-19(11-25-14(2)27-13)30-12-22(15-4-3-5-16(23)8-15)9-18(22)21(29)28-20-7-6-17(24)10-26-20/h3-8,10-11,14,18,27H,9,12H2,1-2H3,(H,26,28,29)/t14?,18-,22+/m0/s1. The molecule has 4 rings (SSSR count). The zero-order valence-corrected chi connectivity index (χ0v) is 16.7. The first kappa shape index (κ1) is 20.0. The Morgan fingerprint density at radius 2 is 2.13 bits per heavy atom. The van der Waals surface area contributed by atoms with Gasteiger partial charge in [0.15, 0.2) is 5.76 Å². The number of allylic oxidation sites excluding steroid dienone is 2.